The quantitative estimate of drug-likeness (QED) is 0.474. The van der Waals surface area contributed by atoms with Crippen LogP contribution in [0.15, 0.2) is 0 Å². The van der Waals surface area contributed by atoms with Gasteiger partial charge in [-0.25, -0.2) is 0 Å². The first-order chi connectivity index (χ1) is 5.58. The van der Waals surface area contributed by atoms with E-state index in [1.807, 2.05) is 5.79 Å². The monoisotopic (exact) mass is 301 g/mol. The second-order valence-electron chi connectivity index (χ2n) is 3.06. The third-order valence-corrected chi connectivity index (χ3v) is 3.57. The van der Waals surface area contributed by atoms with Crippen molar-refractivity contribution < 1.29 is 14.0 Å². The van der Waals surface area contributed by atoms with Gasteiger partial charge in [-0.05, 0) is 0 Å². The van der Waals surface area contributed by atoms with Gasteiger partial charge in [0.05, 0.1) is 12.7 Å². The van der Waals surface area contributed by atoms with Crippen molar-refractivity contribution in [3.05, 3.63) is 0 Å². The van der Waals surface area contributed by atoms with Crippen LogP contribution in [0, 0.1) is 0 Å². The maximum Gasteiger partial charge on any atom is 0.547 e. The topological polar surface area (TPSA) is 61.7 Å². The zero-order valence-electron chi connectivity index (χ0n) is 6.96. The third kappa shape index (κ3) is 2.54. The number of aliphatic hydroxyl groups excluding tert-OH is 1. The molecule has 0 aliphatic carbocycles. The predicted molar refractivity (Wildman–Crippen MR) is 55.4 cm³/mol. The van der Waals surface area contributed by atoms with E-state index in [2.05, 4.69) is 25.6 Å². The summed E-state index contributed by atoms with van der Waals surface area (Å²) >= 11 is 1.10. The molecule has 0 aromatic rings. The Kier molecular flexibility index (Phi) is 4.24. The Morgan fingerprint density at radius 3 is 3.00 bits per heavy atom. The Morgan fingerprint density at radius 2 is 2.50 bits per heavy atom. The number of rotatable bonds is 3. The smallest absolute Gasteiger partial charge is 0.488 e. The van der Waals surface area contributed by atoms with Crippen molar-refractivity contribution in [2.45, 2.75) is 17.5 Å². The standard InChI is InChI=1S/C5H10NO3.CH3.Al.HI/c7-3-5(9)2-6-1-4(5)8;;;/h4,6-7,9H,1-3H2;1H3;;1H/q-1;;+2;/p-1/t4-,5+;;;/m0.../s1. The molecule has 3 N–H and O–H groups in total. The number of hydrogen-bond donors (Lipinski definition) is 3. The molecule has 1 aliphatic heterocycles. The minimum Gasteiger partial charge on any atom is -0.488 e. The van der Waals surface area contributed by atoms with Crippen LogP contribution in [0.1, 0.15) is 0 Å². The molecule has 0 amide bonds. The predicted octanol–water partition coefficient (Wildman–Crippen LogP) is -0.749. The normalized spacial score (nSPS) is 35.5. The zero-order valence-corrected chi connectivity index (χ0v) is 10.3. The van der Waals surface area contributed by atoms with Gasteiger partial charge in [0.2, 0.25) is 0 Å². The van der Waals surface area contributed by atoms with Crippen LogP contribution in [-0.4, -0.2) is 52.8 Å². The van der Waals surface area contributed by atoms with Gasteiger partial charge in [0.1, 0.15) is 5.60 Å². The van der Waals surface area contributed by atoms with Crippen molar-refractivity contribution in [3.63, 3.8) is 0 Å². The molecule has 6 heteroatoms. The van der Waals surface area contributed by atoms with Crippen LogP contribution in [-0.2, 0) is 3.79 Å². The van der Waals surface area contributed by atoms with Gasteiger partial charge in [-0.1, -0.05) is 5.79 Å². The molecule has 2 atom stereocenters. The SMILES string of the molecule is [CH3][Al]([I])[O][C@H]1CNC[C@@]1(O)CO. The van der Waals surface area contributed by atoms with Crippen molar-refractivity contribution >= 4 is 31.5 Å². The first-order valence-electron chi connectivity index (χ1n) is 3.92. The first kappa shape index (κ1) is 11.2. The molecule has 1 aliphatic rings. The second kappa shape index (κ2) is 4.55. The Hall–Kier alpha value is 1.10. The highest BCUT2D eigenvalue weighted by Gasteiger charge is 2.42. The van der Waals surface area contributed by atoms with Crippen molar-refractivity contribution in [2.24, 2.45) is 0 Å². The fraction of sp³-hybridized carbons (Fsp3) is 1.00. The molecule has 70 valence electrons. The molecule has 0 aromatic heterocycles. The minimum atomic E-state index is -1.16. The van der Waals surface area contributed by atoms with Crippen molar-refractivity contribution in [1.82, 2.24) is 5.32 Å². The highest BCUT2D eigenvalue weighted by Crippen LogP contribution is 2.19. The first-order valence-corrected chi connectivity index (χ1v) is 9.72. The van der Waals surface area contributed by atoms with E-state index in [1.54, 1.807) is 0 Å². The summed E-state index contributed by atoms with van der Waals surface area (Å²) in [4.78, 5) is 0. The van der Waals surface area contributed by atoms with Crippen LogP contribution in [0.25, 0.3) is 0 Å². The maximum absolute atomic E-state index is 9.79. The largest absolute Gasteiger partial charge is 0.547 e. The molecular weight excluding hydrogens is 288 g/mol. The third-order valence-electron chi connectivity index (χ3n) is 1.99. The lowest BCUT2D eigenvalue weighted by Gasteiger charge is -2.28. The summed E-state index contributed by atoms with van der Waals surface area (Å²) in [6.07, 6.45) is -0.235. The highest BCUT2D eigenvalue weighted by molar-refractivity contribution is 14.1. The van der Waals surface area contributed by atoms with Gasteiger partial charge in [0.25, 0.3) is 0 Å². The van der Waals surface area contributed by atoms with Gasteiger partial charge in [0.15, 0.2) is 0 Å². The van der Waals surface area contributed by atoms with Crippen LogP contribution in [0.2, 0.25) is 5.79 Å². The lowest BCUT2D eigenvalue weighted by Crippen LogP contribution is -2.47. The molecule has 0 unspecified atom stereocenters. The summed E-state index contributed by atoms with van der Waals surface area (Å²) in [5.74, 6) is 2.04. The van der Waals surface area contributed by atoms with Crippen molar-refractivity contribution in [1.29, 1.82) is 0 Å². The summed E-state index contributed by atoms with van der Waals surface area (Å²) < 4.78 is 5.57. The molecule has 1 heterocycles. The van der Waals surface area contributed by atoms with Crippen LogP contribution >= 0.6 is 20.3 Å². The molecule has 0 bridgehead atoms. The molecular formula is C6H13AlINO3. The van der Waals surface area contributed by atoms with E-state index in [0.29, 0.717) is 13.1 Å². The van der Waals surface area contributed by atoms with E-state index < -0.39 is 16.8 Å². The van der Waals surface area contributed by atoms with E-state index >= 15 is 0 Å². The van der Waals surface area contributed by atoms with E-state index in [4.69, 9.17) is 8.90 Å². The Labute approximate surface area is 87.7 Å². The number of hydrogen-bond acceptors (Lipinski definition) is 4. The van der Waals surface area contributed by atoms with Gasteiger partial charge in [-0.15, -0.1) is 0 Å². The van der Waals surface area contributed by atoms with Crippen LogP contribution in [0.5, 0.6) is 0 Å². The Bertz CT molecular complexity index is 160. The summed E-state index contributed by atoms with van der Waals surface area (Å²) in [5.41, 5.74) is -1.06. The van der Waals surface area contributed by atoms with Crippen molar-refractivity contribution in [2.75, 3.05) is 19.7 Å². The molecule has 1 saturated heterocycles. The lowest BCUT2D eigenvalue weighted by atomic mass is 10.0. The molecule has 4 nitrogen and oxygen atoms in total. The summed E-state index contributed by atoms with van der Waals surface area (Å²) in [6, 6.07) is 0. The Balaban J connectivity index is 2.51. The van der Waals surface area contributed by atoms with Crippen LogP contribution in [0.3, 0.4) is 0 Å². The zero-order chi connectivity index (χ0) is 9.19. The van der Waals surface area contributed by atoms with Gasteiger partial charge in [0, 0.05) is 13.1 Å². The summed E-state index contributed by atoms with van der Waals surface area (Å²) in [5, 5.41) is 21.7. The fourth-order valence-corrected chi connectivity index (χ4v) is 3.15. The average molecular weight is 301 g/mol. The van der Waals surface area contributed by atoms with Gasteiger partial charge in [-0.2, -0.15) is 20.3 Å². The van der Waals surface area contributed by atoms with Crippen LogP contribution < -0.4 is 5.32 Å². The second-order valence-corrected chi connectivity index (χ2v) is 9.68. The van der Waals surface area contributed by atoms with Crippen LogP contribution in [0.4, 0.5) is 0 Å². The minimum absolute atomic E-state index is 0.234. The number of halogens is 1. The maximum atomic E-state index is 9.79. The van der Waals surface area contributed by atoms with Gasteiger partial charge < -0.3 is 19.3 Å². The molecule has 12 heavy (non-hydrogen) atoms. The van der Waals surface area contributed by atoms with E-state index in [9.17, 15) is 5.11 Å². The molecule has 0 spiro atoms. The molecule has 0 aromatic carbocycles. The average Bonchev–Trinajstić information content (AvgIpc) is 2.33. The van der Waals surface area contributed by atoms with E-state index in [0.717, 1.165) is 0 Å². The van der Waals surface area contributed by atoms with E-state index in [1.165, 1.54) is 0 Å². The molecule has 1 rings (SSSR count). The number of nitrogens with one attached hydrogen (secondary N) is 1. The fourth-order valence-electron chi connectivity index (χ4n) is 1.28. The summed E-state index contributed by atoms with van der Waals surface area (Å²) in [6.45, 7) is 0.825. The molecule has 0 radical (unpaired) electrons. The lowest BCUT2D eigenvalue weighted by molar-refractivity contribution is -0.0628. The Morgan fingerprint density at radius 1 is 1.83 bits per heavy atom. The molecule has 0 saturated carbocycles. The molecule has 1 fully saturated rings. The number of β-amino-alcohol motifs (C(OH)–C–C–N with tert-alkyl or cyclic N) is 1. The van der Waals surface area contributed by atoms with Gasteiger partial charge >= 0.3 is 11.2 Å². The summed E-state index contributed by atoms with van der Waals surface area (Å²) in [7, 11) is 0. The van der Waals surface area contributed by atoms with Crippen molar-refractivity contribution in [3.8, 4) is 0 Å². The number of aliphatic hydroxyl groups is 2. The highest BCUT2D eigenvalue weighted by atomic mass is 127. The van der Waals surface area contributed by atoms with Gasteiger partial charge in [-0.3, -0.25) is 0 Å². The van der Waals surface area contributed by atoms with E-state index in [-0.39, 0.29) is 12.7 Å².